The van der Waals surface area contributed by atoms with Crippen LogP contribution in [-0.4, -0.2) is 25.0 Å². The minimum atomic E-state index is -2.91. The number of aryl methyl sites for hydroxylation is 1. The van der Waals surface area contributed by atoms with Gasteiger partial charge >= 0.3 is 6.61 Å². The van der Waals surface area contributed by atoms with Gasteiger partial charge in [-0.15, -0.1) is 0 Å². The Morgan fingerprint density at radius 3 is 2.44 bits per heavy atom. The molecule has 0 atom stereocenters. The molecule has 0 saturated heterocycles. The number of carbonyl (C=O) groups is 2. The van der Waals surface area contributed by atoms with Crippen molar-refractivity contribution >= 4 is 17.5 Å². The Kier molecular flexibility index (Phi) is 5.89. The van der Waals surface area contributed by atoms with E-state index in [0.717, 1.165) is 5.56 Å². The van der Waals surface area contributed by atoms with Crippen LogP contribution in [0.2, 0.25) is 0 Å². The van der Waals surface area contributed by atoms with Crippen LogP contribution in [0.3, 0.4) is 0 Å². The molecule has 0 heterocycles. The normalized spacial score (nSPS) is 10.4. The van der Waals surface area contributed by atoms with Gasteiger partial charge in [0.15, 0.2) is 6.61 Å². The Hall–Kier alpha value is -3.16. The van der Waals surface area contributed by atoms with Gasteiger partial charge in [-0.05, 0) is 48.9 Å². The molecule has 0 fully saturated rings. The fraction of sp³-hybridized carbons (Fsp3) is 0.176. The number of primary amides is 1. The topological polar surface area (TPSA) is 90.7 Å². The van der Waals surface area contributed by atoms with Crippen molar-refractivity contribution in [3.05, 3.63) is 53.6 Å². The summed E-state index contributed by atoms with van der Waals surface area (Å²) in [5.74, 6) is -0.956. The molecule has 132 valence electrons. The second-order valence-corrected chi connectivity index (χ2v) is 5.10. The average molecular weight is 350 g/mol. The number of carbonyl (C=O) groups excluding carboxylic acids is 2. The van der Waals surface area contributed by atoms with E-state index < -0.39 is 18.4 Å². The molecule has 0 aliphatic rings. The molecule has 2 aromatic carbocycles. The summed E-state index contributed by atoms with van der Waals surface area (Å²) in [6.45, 7) is -1.46. The molecule has 25 heavy (non-hydrogen) atoms. The zero-order chi connectivity index (χ0) is 18.4. The Morgan fingerprint density at radius 1 is 1.16 bits per heavy atom. The molecule has 2 rings (SSSR count). The highest BCUT2D eigenvalue weighted by Gasteiger charge is 2.12. The van der Waals surface area contributed by atoms with E-state index in [-0.39, 0.29) is 23.7 Å². The monoisotopic (exact) mass is 350 g/mol. The molecule has 0 radical (unpaired) electrons. The number of halogens is 2. The average Bonchev–Trinajstić information content (AvgIpc) is 2.54. The Morgan fingerprint density at radius 2 is 1.84 bits per heavy atom. The first-order valence-corrected chi connectivity index (χ1v) is 7.23. The van der Waals surface area contributed by atoms with Crippen LogP contribution in [0, 0.1) is 6.92 Å². The molecule has 2 amide bonds. The van der Waals surface area contributed by atoms with Gasteiger partial charge < -0.3 is 20.5 Å². The van der Waals surface area contributed by atoms with E-state index >= 15 is 0 Å². The van der Waals surface area contributed by atoms with E-state index in [4.69, 9.17) is 10.5 Å². The molecule has 0 saturated carbocycles. The number of nitrogens with two attached hydrogens (primary N) is 1. The number of ether oxygens (including phenoxy) is 2. The second-order valence-electron chi connectivity index (χ2n) is 5.10. The van der Waals surface area contributed by atoms with Gasteiger partial charge in [0, 0.05) is 5.69 Å². The summed E-state index contributed by atoms with van der Waals surface area (Å²) in [7, 11) is 0. The van der Waals surface area contributed by atoms with Crippen LogP contribution in [0.25, 0.3) is 0 Å². The molecule has 6 nitrogen and oxygen atoms in total. The van der Waals surface area contributed by atoms with Crippen LogP contribution in [0.4, 0.5) is 14.5 Å². The first kappa shape index (κ1) is 18.2. The van der Waals surface area contributed by atoms with Crippen molar-refractivity contribution in [2.45, 2.75) is 13.5 Å². The highest BCUT2D eigenvalue weighted by Crippen LogP contribution is 2.20. The van der Waals surface area contributed by atoms with E-state index in [1.165, 1.54) is 30.3 Å². The summed E-state index contributed by atoms with van der Waals surface area (Å²) in [6, 6.07) is 10.3. The maximum absolute atomic E-state index is 12.1. The lowest BCUT2D eigenvalue weighted by Gasteiger charge is -2.11. The van der Waals surface area contributed by atoms with Gasteiger partial charge in [0.05, 0.1) is 5.56 Å². The second kappa shape index (κ2) is 8.09. The first-order chi connectivity index (χ1) is 11.8. The molecule has 0 aromatic heterocycles. The summed E-state index contributed by atoms with van der Waals surface area (Å²) < 4.78 is 33.7. The molecule has 2 aromatic rings. The summed E-state index contributed by atoms with van der Waals surface area (Å²) in [6.07, 6.45) is 0. The van der Waals surface area contributed by atoms with E-state index in [9.17, 15) is 18.4 Å². The van der Waals surface area contributed by atoms with Gasteiger partial charge in [0.25, 0.3) is 11.8 Å². The van der Waals surface area contributed by atoms with Crippen LogP contribution in [0.1, 0.15) is 15.9 Å². The van der Waals surface area contributed by atoms with E-state index in [0.29, 0.717) is 5.69 Å². The lowest BCUT2D eigenvalue weighted by atomic mass is 10.1. The van der Waals surface area contributed by atoms with Crippen molar-refractivity contribution in [3.63, 3.8) is 0 Å². The standard InChI is InChI=1S/C17H16F2N2O4/c1-10-2-7-13(16(20)23)14(8-10)24-9-15(22)21-11-3-5-12(6-4-11)25-17(18)19/h2-8,17H,9H2,1H3,(H2,20,23)(H,21,22). The van der Waals surface area contributed by atoms with Gasteiger partial charge in [-0.3, -0.25) is 9.59 Å². The SMILES string of the molecule is Cc1ccc(C(N)=O)c(OCC(=O)Nc2ccc(OC(F)F)cc2)c1. The predicted octanol–water partition coefficient (Wildman–Crippen LogP) is 2.71. The number of alkyl halides is 2. The van der Waals surface area contributed by atoms with Crippen LogP contribution < -0.4 is 20.5 Å². The number of anilines is 1. The quantitative estimate of drug-likeness (QED) is 0.803. The lowest BCUT2D eigenvalue weighted by molar-refractivity contribution is -0.118. The highest BCUT2D eigenvalue weighted by atomic mass is 19.3. The van der Waals surface area contributed by atoms with E-state index in [1.54, 1.807) is 19.1 Å². The molecule has 0 aliphatic heterocycles. The van der Waals surface area contributed by atoms with Crippen molar-refractivity contribution in [1.29, 1.82) is 0 Å². The number of nitrogens with one attached hydrogen (secondary N) is 1. The zero-order valence-corrected chi connectivity index (χ0v) is 13.3. The van der Waals surface area contributed by atoms with Gasteiger partial charge in [-0.25, -0.2) is 0 Å². The molecular formula is C17H16F2N2O4. The van der Waals surface area contributed by atoms with Crippen LogP contribution in [0.5, 0.6) is 11.5 Å². The van der Waals surface area contributed by atoms with Gasteiger partial charge in [0.1, 0.15) is 11.5 Å². The summed E-state index contributed by atoms with van der Waals surface area (Å²) >= 11 is 0. The summed E-state index contributed by atoms with van der Waals surface area (Å²) in [5.41, 5.74) is 6.66. The van der Waals surface area contributed by atoms with E-state index in [1.807, 2.05) is 0 Å². The van der Waals surface area contributed by atoms with Gasteiger partial charge in [0.2, 0.25) is 0 Å². The minimum absolute atomic E-state index is 0.0184. The maximum atomic E-state index is 12.1. The smallest absolute Gasteiger partial charge is 0.387 e. The van der Waals surface area contributed by atoms with Crippen LogP contribution in [0.15, 0.2) is 42.5 Å². The summed E-state index contributed by atoms with van der Waals surface area (Å²) in [5, 5.41) is 2.53. The molecule has 3 N–H and O–H groups in total. The van der Waals surface area contributed by atoms with Gasteiger partial charge in [-0.2, -0.15) is 8.78 Å². The van der Waals surface area contributed by atoms with E-state index in [2.05, 4.69) is 10.1 Å². The van der Waals surface area contributed by atoms with Crippen molar-refractivity contribution in [1.82, 2.24) is 0 Å². The molecule has 8 heteroatoms. The Balaban J connectivity index is 1.95. The van der Waals surface area contributed by atoms with Crippen LogP contribution >= 0.6 is 0 Å². The van der Waals surface area contributed by atoms with Crippen molar-refractivity contribution in [2.75, 3.05) is 11.9 Å². The summed E-state index contributed by atoms with van der Waals surface area (Å²) in [4.78, 5) is 23.3. The predicted molar refractivity (Wildman–Crippen MR) is 86.9 cm³/mol. The minimum Gasteiger partial charge on any atom is -0.483 e. The lowest BCUT2D eigenvalue weighted by Crippen LogP contribution is -2.21. The molecule has 0 aliphatic carbocycles. The molecule has 0 spiro atoms. The third-order valence-corrected chi connectivity index (χ3v) is 3.12. The third kappa shape index (κ3) is 5.45. The Bertz CT molecular complexity index is 764. The fourth-order valence-corrected chi connectivity index (χ4v) is 2.01. The first-order valence-electron chi connectivity index (χ1n) is 7.23. The van der Waals surface area contributed by atoms with Crippen molar-refractivity contribution < 1.29 is 27.8 Å². The Labute approximate surface area is 142 Å². The largest absolute Gasteiger partial charge is 0.483 e. The zero-order valence-electron chi connectivity index (χ0n) is 13.3. The van der Waals surface area contributed by atoms with Gasteiger partial charge in [-0.1, -0.05) is 6.07 Å². The number of rotatable bonds is 7. The number of hydrogen-bond acceptors (Lipinski definition) is 4. The van der Waals surface area contributed by atoms with Crippen molar-refractivity contribution in [3.8, 4) is 11.5 Å². The molecule has 0 bridgehead atoms. The molecular weight excluding hydrogens is 334 g/mol. The van der Waals surface area contributed by atoms with Crippen LogP contribution in [-0.2, 0) is 4.79 Å². The molecule has 0 unspecified atom stereocenters. The fourth-order valence-electron chi connectivity index (χ4n) is 2.01. The number of hydrogen-bond donors (Lipinski definition) is 2. The highest BCUT2D eigenvalue weighted by molar-refractivity contribution is 5.96. The number of amides is 2. The third-order valence-electron chi connectivity index (χ3n) is 3.12. The van der Waals surface area contributed by atoms with Crippen molar-refractivity contribution in [2.24, 2.45) is 5.73 Å². The maximum Gasteiger partial charge on any atom is 0.387 e. The number of benzene rings is 2.